The third-order valence-electron chi connectivity index (χ3n) is 2.39. The molecule has 1 N–H and O–H groups in total. The van der Waals surface area contributed by atoms with Gasteiger partial charge in [-0.05, 0) is 24.7 Å². The van der Waals surface area contributed by atoms with Crippen LogP contribution < -0.4 is 10.2 Å². The Morgan fingerprint density at radius 1 is 1.39 bits per heavy atom. The second-order valence-electron chi connectivity index (χ2n) is 3.96. The second-order valence-corrected chi connectivity index (χ2v) is 3.96. The van der Waals surface area contributed by atoms with Crippen LogP contribution >= 0.6 is 0 Å². The summed E-state index contributed by atoms with van der Waals surface area (Å²) in [6.45, 7) is -0.509. The van der Waals surface area contributed by atoms with Gasteiger partial charge in [0.2, 0.25) is 0 Å². The molecule has 6 heteroatoms. The van der Waals surface area contributed by atoms with Crippen LogP contribution in [0.3, 0.4) is 0 Å². The van der Waals surface area contributed by atoms with Crippen molar-refractivity contribution in [1.82, 2.24) is 5.32 Å². The summed E-state index contributed by atoms with van der Waals surface area (Å²) < 4.78 is 36.9. The molecule has 0 aliphatic carbocycles. The van der Waals surface area contributed by atoms with Crippen molar-refractivity contribution >= 4 is 5.69 Å². The number of nitriles is 1. The van der Waals surface area contributed by atoms with Gasteiger partial charge in [0.25, 0.3) is 0 Å². The molecule has 0 radical (unpaired) electrons. The third kappa shape index (κ3) is 3.93. The highest BCUT2D eigenvalue weighted by molar-refractivity contribution is 5.60. The zero-order valence-electron chi connectivity index (χ0n) is 10.2. The molecular formula is C12H14F3N3. The molecule has 18 heavy (non-hydrogen) atoms. The number of hydrogen-bond donors (Lipinski definition) is 1. The van der Waals surface area contributed by atoms with Crippen LogP contribution in [0.2, 0.25) is 0 Å². The smallest absolute Gasteiger partial charge is 0.365 e. The van der Waals surface area contributed by atoms with Crippen LogP contribution in [0.4, 0.5) is 18.9 Å². The summed E-state index contributed by atoms with van der Waals surface area (Å²) in [7, 11) is 3.08. The average Bonchev–Trinajstić information content (AvgIpc) is 2.27. The van der Waals surface area contributed by atoms with Crippen molar-refractivity contribution in [3.63, 3.8) is 0 Å². The first-order valence-electron chi connectivity index (χ1n) is 5.33. The SMILES string of the molecule is CNCc1ccc(N(C)CC(F)(F)F)c(C#N)c1. The van der Waals surface area contributed by atoms with Crippen molar-refractivity contribution in [1.29, 1.82) is 5.26 Å². The van der Waals surface area contributed by atoms with Gasteiger partial charge in [-0.15, -0.1) is 0 Å². The summed E-state index contributed by atoms with van der Waals surface area (Å²) in [4.78, 5) is 1.03. The third-order valence-corrected chi connectivity index (χ3v) is 2.39. The van der Waals surface area contributed by atoms with Crippen LogP contribution in [0.25, 0.3) is 0 Å². The molecule has 0 saturated carbocycles. The molecule has 3 nitrogen and oxygen atoms in total. The van der Waals surface area contributed by atoms with Crippen molar-refractivity contribution < 1.29 is 13.2 Å². The molecule has 0 aliphatic rings. The van der Waals surface area contributed by atoms with Crippen LogP contribution in [0, 0.1) is 11.3 Å². The standard InChI is InChI=1S/C12H14F3N3/c1-17-7-9-3-4-11(10(5-9)6-16)18(2)8-12(13,14)15/h3-5,17H,7-8H2,1-2H3. The predicted molar refractivity (Wildman–Crippen MR) is 63.2 cm³/mol. The first-order valence-corrected chi connectivity index (χ1v) is 5.33. The predicted octanol–water partition coefficient (Wildman–Crippen LogP) is 2.28. The first-order chi connectivity index (χ1) is 8.37. The highest BCUT2D eigenvalue weighted by Crippen LogP contribution is 2.24. The van der Waals surface area contributed by atoms with Gasteiger partial charge in [0.1, 0.15) is 12.6 Å². The number of benzene rings is 1. The molecule has 0 aromatic heterocycles. The Balaban J connectivity index is 2.99. The van der Waals surface area contributed by atoms with Crippen molar-refractivity contribution in [3.05, 3.63) is 29.3 Å². The topological polar surface area (TPSA) is 39.1 Å². The Morgan fingerprint density at radius 2 is 2.06 bits per heavy atom. The molecule has 0 heterocycles. The Bertz CT molecular complexity index is 449. The van der Waals surface area contributed by atoms with Crippen LogP contribution in [0.5, 0.6) is 0 Å². The Morgan fingerprint density at radius 3 is 2.56 bits per heavy atom. The molecule has 0 bridgehead atoms. The van der Waals surface area contributed by atoms with Gasteiger partial charge in [0.15, 0.2) is 0 Å². The van der Waals surface area contributed by atoms with Crippen LogP contribution in [0.1, 0.15) is 11.1 Å². The van der Waals surface area contributed by atoms with Crippen molar-refractivity contribution in [2.45, 2.75) is 12.7 Å². The molecule has 0 aliphatic heterocycles. The van der Waals surface area contributed by atoms with E-state index < -0.39 is 12.7 Å². The number of rotatable bonds is 4. The molecule has 1 aromatic carbocycles. The number of hydrogen-bond acceptors (Lipinski definition) is 3. The minimum Gasteiger partial charge on any atom is -0.365 e. The fraction of sp³-hybridized carbons (Fsp3) is 0.417. The summed E-state index contributed by atoms with van der Waals surface area (Å²) in [6, 6.07) is 6.77. The largest absolute Gasteiger partial charge is 0.405 e. The second kappa shape index (κ2) is 5.74. The summed E-state index contributed by atoms with van der Waals surface area (Å²) >= 11 is 0. The van der Waals surface area contributed by atoms with Gasteiger partial charge in [-0.3, -0.25) is 0 Å². The lowest BCUT2D eigenvalue weighted by atomic mass is 10.1. The number of nitrogens with one attached hydrogen (secondary N) is 1. The molecule has 1 rings (SSSR count). The lowest BCUT2D eigenvalue weighted by molar-refractivity contribution is -0.119. The summed E-state index contributed by atoms with van der Waals surface area (Å²) in [6.07, 6.45) is -4.29. The Kier molecular flexibility index (Phi) is 4.56. The minimum atomic E-state index is -4.29. The Labute approximate surface area is 104 Å². The normalized spacial score (nSPS) is 11.1. The molecule has 0 amide bonds. The molecular weight excluding hydrogens is 243 g/mol. The van der Waals surface area contributed by atoms with E-state index in [4.69, 9.17) is 5.26 Å². The minimum absolute atomic E-state index is 0.245. The van der Waals surface area contributed by atoms with Gasteiger partial charge in [-0.25, -0.2) is 0 Å². The van der Waals surface area contributed by atoms with E-state index in [9.17, 15) is 13.2 Å². The molecule has 98 valence electrons. The molecule has 1 aromatic rings. The van der Waals surface area contributed by atoms with Gasteiger partial charge in [-0.2, -0.15) is 18.4 Å². The number of alkyl halides is 3. The van der Waals surface area contributed by atoms with Gasteiger partial charge < -0.3 is 10.2 Å². The molecule has 0 fully saturated rings. The molecule has 0 unspecified atom stereocenters. The van der Waals surface area contributed by atoms with E-state index in [0.29, 0.717) is 6.54 Å². The van der Waals surface area contributed by atoms with Crippen molar-refractivity contribution in [3.8, 4) is 6.07 Å². The first kappa shape index (κ1) is 14.3. The van der Waals surface area contributed by atoms with E-state index in [0.717, 1.165) is 10.5 Å². The van der Waals surface area contributed by atoms with E-state index in [-0.39, 0.29) is 11.3 Å². The number of halogens is 3. The zero-order chi connectivity index (χ0) is 13.8. The van der Waals surface area contributed by atoms with Gasteiger partial charge in [0.05, 0.1) is 11.3 Å². The van der Waals surface area contributed by atoms with Crippen LogP contribution in [0.15, 0.2) is 18.2 Å². The highest BCUT2D eigenvalue weighted by Gasteiger charge is 2.30. The molecule has 0 spiro atoms. The Hall–Kier alpha value is -1.74. The highest BCUT2D eigenvalue weighted by atomic mass is 19.4. The van der Waals surface area contributed by atoms with E-state index in [1.807, 2.05) is 6.07 Å². The lowest BCUT2D eigenvalue weighted by Gasteiger charge is -2.22. The van der Waals surface area contributed by atoms with E-state index in [1.54, 1.807) is 19.2 Å². The van der Waals surface area contributed by atoms with Gasteiger partial charge >= 0.3 is 6.18 Å². The van der Waals surface area contributed by atoms with Crippen LogP contribution in [-0.4, -0.2) is 26.8 Å². The van der Waals surface area contributed by atoms with Gasteiger partial charge in [-0.1, -0.05) is 6.07 Å². The molecule has 0 saturated heterocycles. The molecule has 0 atom stereocenters. The van der Waals surface area contributed by atoms with E-state index >= 15 is 0 Å². The van der Waals surface area contributed by atoms with Gasteiger partial charge in [0, 0.05) is 13.6 Å². The monoisotopic (exact) mass is 257 g/mol. The maximum absolute atomic E-state index is 12.3. The maximum atomic E-state index is 12.3. The zero-order valence-corrected chi connectivity index (χ0v) is 10.2. The maximum Gasteiger partial charge on any atom is 0.405 e. The van der Waals surface area contributed by atoms with E-state index in [2.05, 4.69) is 5.32 Å². The fourth-order valence-corrected chi connectivity index (χ4v) is 1.67. The number of anilines is 1. The van der Waals surface area contributed by atoms with Crippen molar-refractivity contribution in [2.75, 3.05) is 25.5 Å². The van der Waals surface area contributed by atoms with Crippen molar-refractivity contribution in [2.24, 2.45) is 0 Å². The summed E-state index contributed by atoms with van der Waals surface area (Å²) in [5.41, 5.74) is 1.39. The van der Waals surface area contributed by atoms with Crippen LogP contribution in [-0.2, 0) is 6.54 Å². The average molecular weight is 257 g/mol. The summed E-state index contributed by atoms with van der Waals surface area (Å²) in [5, 5.41) is 11.9. The quantitative estimate of drug-likeness (QED) is 0.899. The fourth-order valence-electron chi connectivity index (χ4n) is 1.67. The number of nitrogens with zero attached hydrogens (tertiary/aromatic N) is 2. The van der Waals surface area contributed by atoms with E-state index in [1.165, 1.54) is 13.1 Å². The summed E-state index contributed by atoms with van der Waals surface area (Å²) in [5.74, 6) is 0. The lowest BCUT2D eigenvalue weighted by Crippen LogP contribution is -2.31.